The summed E-state index contributed by atoms with van der Waals surface area (Å²) in [5, 5.41) is 2.97. The molecule has 0 aromatic heterocycles. The fourth-order valence-electron chi connectivity index (χ4n) is 0.904. The van der Waals surface area contributed by atoms with Crippen molar-refractivity contribution in [1.82, 2.24) is 10.2 Å². The molecule has 54 valence electrons. The Labute approximate surface area is 52.8 Å². The SMILES string of the molecule is FC(F)CN1CCNC1. The molecule has 0 unspecified atom stereocenters. The number of alkyl halides is 2. The molecular formula is C5H10F2N2. The van der Waals surface area contributed by atoms with Crippen LogP contribution in [0.4, 0.5) is 8.78 Å². The van der Waals surface area contributed by atoms with Crippen LogP contribution in [0.2, 0.25) is 0 Å². The van der Waals surface area contributed by atoms with Crippen LogP contribution in [-0.4, -0.2) is 37.6 Å². The molecule has 1 rings (SSSR count). The number of rotatable bonds is 2. The zero-order valence-electron chi connectivity index (χ0n) is 5.11. The highest BCUT2D eigenvalue weighted by Gasteiger charge is 2.14. The molecular weight excluding hydrogens is 126 g/mol. The van der Waals surface area contributed by atoms with Crippen molar-refractivity contribution in [2.45, 2.75) is 6.43 Å². The van der Waals surface area contributed by atoms with Gasteiger partial charge < -0.3 is 5.32 Å². The molecule has 1 aliphatic heterocycles. The van der Waals surface area contributed by atoms with Crippen LogP contribution >= 0.6 is 0 Å². The van der Waals surface area contributed by atoms with Gasteiger partial charge in [-0.1, -0.05) is 0 Å². The summed E-state index contributed by atoms with van der Waals surface area (Å²) in [5.41, 5.74) is 0. The fraction of sp³-hybridized carbons (Fsp3) is 1.00. The van der Waals surface area contributed by atoms with Gasteiger partial charge in [-0.25, -0.2) is 8.78 Å². The third kappa shape index (κ3) is 2.24. The Hall–Kier alpha value is -0.220. The lowest BCUT2D eigenvalue weighted by molar-refractivity contribution is 0.0991. The van der Waals surface area contributed by atoms with Crippen molar-refractivity contribution < 1.29 is 8.78 Å². The lowest BCUT2D eigenvalue weighted by atomic mass is 10.5. The first-order valence-corrected chi connectivity index (χ1v) is 3.00. The van der Waals surface area contributed by atoms with Crippen molar-refractivity contribution in [1.29, 1.82) is 0 Å². The maximum atomic E-state index is 11.6. The minimum atomic E-state index is -2.19. The second-order valence-electron chi connectivity index (χ2n) is 2.13. The van der Waals surface area contributed by atoms with Gasteiger partial charge in [0.25, 0.3) is 6.43 Å². The van der Waals surface area contributed by atoms with E-state index in [0.717, 1.165) is 13.1 Å². The molecule has 0 saturated carbocycles. The molecule has 0 atom stereocenters. The van der Waals surface area contributed by atoms with E-state index >= 15 is 0 Å². The van der Waals surface area contributed by atoms with E-state index in [-0.39, 0.29) is 6.54 Å². The van der Waals surface area contributed by atoms with Crippen molar-refractivity contribution in [3.63, 3.8) is 0 Å². The summed E-state index contributed by atoms with van der Waals surface area (Å²) in [7, 11) is 0. The summed E-state index contributed by atoms with van der Waals surface area (Å²) in [6.45, 7) is 2.12. The first kappa shape index (κ1) is 6.89. The Kier molecular flexibility index (Phi) is 2.36. The average molecular weight is 136 g/mol. The highest BCUT2D eigenvalue weighted by atomic mass is 19.3. The molecule has 4 heteroatoms. The molecule has 0 aromatic rings. The number of hydrogen-bond acceptors (Lipinski definition) is 2. The molecule has 0 bridgehead atoms. The molecule has 1 N–H and O–H groups in total. The molecule has 0 amide bonds. The van der Waals surface area contributed by atoms with Gasteiger partial charge in [0.2, 0.25) is 0 Å². The fourth-order valence-corrected chi connectivity index (χ4v) is 0.904. The molecule has 0 radical (unpaired) electrons. The minimum absolute atomic E-state index is 0.0903. The summed E-state index contributed by atoms with van der Waals surface area (Å²) < 4.78 is 23.2. The first-order valence-electron chi connectivity index (χ1n) is 3.00. The Balaban J connectivity index is 2.11. The Morgan fingerprint density at radius 3 is 2.78 bits per heavy atom. The highest BCUT2D eigenvalue weighted by Crippen LogP contribution is 1.98. The Morgan fingerprint density at radius 2 is 2.33 bits per heavy atom. The average Bonchev–Trinajstić information content (AvgIpc) is 2.15. The van der Waals surface area contributed by atoms with Gasteiger partial charge in [-0.05, 0) is 0 Å². The summed E-state index contributed by atoms with van der Waals surface area (Å²) in [6.07, 6.45) is -2.19. The Bertz CT molecular complexity index is 81.0. The zero-order valence-corrected chi connectivity index (χ0v) is 5.11. The highest BCUT2D eigenvalue weighted by molar-refractivity contribution is 4.65. The van der Waals surface area contributed by atoms with Crippen LogP contribution < -0.4 is 5.32 Å². The normalized spacial score (nSPS) is 21.7. The van der Waals surface area contributed by atoms with E-state index in [4.69, 9.17) is 0 Å². The van der Waals surface area contributed by atoms with E-state index in [9.17, 15) is 8.78 Å². The molecule has 0 spiro atoms. The summed E-state index contributed by atoms with van der Waals surface area (Å²) in [5.74, 6) is 0. The molecule has 1 heterocycles. The van der Waals surface area contributed by atoms with Crippen molar-refractivity contribution in [2.24, 2.45) is 0 Å². The first-order chi connectivity index (χ1) is 4.29. The molecule has 0 aliphatic carbocycles. The Morgan fingerprint density at radius 1 is 1.56 bits per heavy atom. The summed E-state index contributed by atoms with van der Waals surface area (Å²) in [4.78, 5) is 1.70. The van der Waals surface area contributed by atoms with E-state index in [0.29, 0.717) is 6.67 Å². The van der Waals surface area contributed by atoms with Crippen LogP contribution in [0, 0.1) is 0 Å². The lowest BCUT2D eigenvalue weighted by Crippen LogP contribution is -2.27. The second kappa shape index (κ2) is 3.08. The lowest BCUT2D eigenvalue weighted by Gasteiger charge is -2.11. The van der Waals surface area contributed by atoms with Crippen molar-refractivity contribution >= 4 is 0 Å². The van der Waals surface area contributed by atoms with Gasteiger partial charge >= 0.3 is 0 Å². The van der Waals surface area contributed by atoms with Gasteiger partial charge in [0.15, 0.2) is 0 Å². The third-order valence-electron chi connectivity index (χ3n) is 1.34. The number of nitrogens with one attached hydrogen (secondary N) is 1. The maximum absolute atomic E-state index is 11.6. The molecule has 2 nitrogen and oxygen atoms in total. The zero-order chi connectivity index (χ0) is 6.69. The summed E-state index contributed by atoms with van der Waals surface area (Å²) in [6, 6.07) is 0. The van der Waals surface area contributed by atoms with E-state index in [1.807, 2.05) is 0 Å². The molecule has 1 aliphatic rings. The predicted octanol–water partition coefficient (Wildman–Crippen LogP) is 0.114. The van der Waals surface area contributed by atoms with Gasteiger partial charge in [-0.2, -0.15) is 0 Å². The third-order valence-corrected chi connectivity index (χ3v) is 1.34. The number of hydrogen-bond donors (Lipinski definition) is 1. The monoisotopic (exact) mass is 136 g/mol. The van der Waals surface area contributed by atoms with E-state index < -0.39 is 6.43 Å². The van der Waals surface area contributed by atoms with Crippen LogP contribution in [0.15, 0.2) is 0 Å². The quantitative estimate of drug-likeness (QED) is 0.579. The van der Waals surface area contributed by atoms with Crippen LogP contribution in [0.25, 0.3) is 0 Å². The van der Waals surface area contributed by atoms with Gasteiger partial charge in [-0.15, -0.1) is 0 Å². The second-order valence-corrected chi connectivity index (χ2v) is 2.13. The maximum Gasteiger partial charge on any atom is 0.251 e. The van der Waals surface area contributed by atoms with Crippen LogP contribution in [0.1, 0.15) is 0 Å². The topological polar surface area (TPSA) is 15.3 Å². The van der Waals surface area contributed by atoms with Crippen molar-refractivity contribution in [3.8, 4) is 0 Å². The summed E-state index contributed by atoms with van der Waals surface area (Å²) >= 11 is 0. The molecule has 0 aromatic carbocycles. The number of nitrogens with zero attached hydrogens (tertiary/aromatic N) is 1. The van der Waals surface area contributed by atoms with E-state index in [1.54, 1.807) is 4.90 Å². The minimum Gasteiger partial charge on any atom is -0.303 e. The van der Waals surface area contributed by atoms with Crippen LogP contribution in [0.3, 0.4) is 0 Å². The molecule has 1 fully saturated rings. The van der Waals surface area contributed by atoms with Crippen LogP contribution in [0.5, 0.6) is 0 Å². The smallest absolute Gasteiger partial charge is 0.251 e. The van der Waals surface area contributed by atoms with Gasteiger partial charge in [0.05, 0.1) is 6.54 Å². The largest absolute Gasteiger partial charge is 0.303 e. The van der Waals surface area contributed by atoms with Gasteiger partial charge in [-0.3, -0.25) is 4.90 Å². The van der Waals surface area contributed by atoms with E-state index in [2.05, 4.69) is 5.32 Å². The molecule has 9 heavy (non-hydrogen) atoms. The van der Waals surface area contributed by atoms with Crippen molar-refractivity contribution in [2.75, 3.05) is 26.3 Å². The van der Waals surface area contributed by atoms with Crippen molar-refractivity contribution in [3.05, 3.63) is 0 Å². The van der Waals surface area contributed by atoms with Crippen LogP contribution in [-0.2, 0) is 0 Å². The van der Waals surface area contributed by atoms with Gasteiger partial charge in [0, 0.05) is 19.8 Å². The predicted molar refractivity (Wildman–Crippen MR) is 30.4 cm³/mol. The van der Waals surface area contributed by atoms with Gasteiger partial charge in [0.1, 0.15) is 0 Å². The van der Waals surface area contributed by atoms with E-state index in [1.165, 1.54) is 0 Å². The molecule has 1 saturated heterocycles. The standard InChI is InChI=1S/C5H10F2N2/c6-5(7)3-9-2-1-8-4-9/h5,8H,1-4H2. The number of halogens is 2.